The van der Waals surface area contributed by atoms with Gasteiger partial charge in [-0.3, -0.25) is 0 Å². The van der Waals surface area contributed by atoms with Crippen LogP contribution in [0.4, 0.5) is 0 Å². The molecule has 0 aliphatic heterocycles. The predicted octanol–water partition coefficient (Wildman–Crippen LogP) is 0.483. The van der Waals surface area contributed by atoms with Gasteiger partial charge in [-0.05, 0) is 0 Å². The van der Waals surface area contributed by atoms with E-state index in [-0.39, 0.29) is 0 Å². The standard InChI is InChI=1S/HN5O/c1-2-3-4-5-6/h(H,4,6). The van der Waals surface area contributed by atoms with E-state index in [0.29, 0.717) is 0 Å². The SMILES string of the molecule is [N-]=[N+]=NNN=O. The van der Waals surface area contributed by atoms with Gasteiger partial charge >= 0.3 is 0 Å². The van der Waals surface area contributed by atoms with Crippen LogP contribution in [0.3, 0.4) is 0 Å². The molecule has 0 rings (SSSR count). The fourth-order valence-electron chi connectivity index (χ4n) is 0.0383. The highest BCUT2D eigenvalue weighted by atomic mass is 16.3. The predicted molar refractivity (Wildman–Crippen MR) is 18.1 cm³/mol. The molecule has 0 heterocycles. The molecule has 0 radical (unpaired) electrons. The van der Waals surface area contributed by atoms with E-state index >= 15 is 0 Å². The van der Waals surface area contributed by atoms with E-state index in [1.807, 2.05) is 5.29 Å². The van der Waals surface area contributed by atoms with Crippen LogP contribution in [0.15, 0.2) is 10.5 Å². The number of nitroso groups, excluding NO2 is 1. The summed E-state index contributed by atoms with van der Waals surface area (Å²) in [4.78, 5) is 11.1. The molecule has 0 aromatic heterocycles. The van der Waals surface area contributed by atoms with Crippen LogP contribution in [0.1, 0.15) is 0 Å². The Bertz CT molecular complexity index is 77.9. The van der Waals surface area contributed by atoms with Gasteiger partial charge in [-0.15, -0.1) is 10.4 Å². The number of nitrogens with zero attached hydrogens (tertiary/aromatic N) is 4. The Hall–Kier alpha value is -1.29. The lowest BCUT2D eigenvalue weighted by molar-refractivity contribution is 0.786. The van der Waals surface area contributed by atoms with Gasteiger partial charge in [0.2, 0.25) is 0 Å². The maximum absolute atomic E-state index is 8.94. The molecule has 1 N–H and O–H groups in total. The van der Waals surface area contributed by atoms with E-state index in [1.165, 1.54) is 5.53 Å². The first-order valence-corrected chi connectivity index (χ1v) is 1.03. The van der Waals surface area contributed by atoms with Gasteiger partial charge in [-0.1, -0.05) is 5.53 Å². The fraction of sp³-hybridized carbons (Fsp3) is 0. The van der Waals surface area contributed by atoms with E-state index in [2.05, 4.69) is 10.1 Å². The molecule has 0 aromatic rings. The topological polar surface area (TPSA) is 90.2 Å². The van der Waals surface area contributed by atoms with Gasteiger partial charge in [0, 0.05) is 5.22 Å². The van der Waals surface area contributed by atoms with Crippen LogP contribution < -0.4 is 5.53 Å². The van der Waals surface area contributed by atoms with E-state index in [9.17, 15) is 0 Å². The molecule has 0 unspecified atom stereocenters. The number of azide groups is 1. The van der Waals surface area contributed by atoms with Crippen molar-refractivity contribution in [3.63, 3.8) is 0 Å². The van der Waals surface area contributed by atoms with Crippen molar-refractivity contribution in [2.45, 2.75) is 0 Å². The van der Waals surface area contributed by atoms with Crippen molar-refractivity contribution in [1.82, 2.24) is 5.53 Å². The van der Waals surface area contributed by atoms with Crippen molar-refractivity contribution in [2.24, 2.45) is 10.5 Å². The van der Waals surface area contributed by atoms with E-state index in [0.717, 1.165) is 0 Å². The maximum Gasteiger partial charge on any atom is 0.152 e. The van der Waals surface area contributed by atoms with Gasteiger partial charge in [-0.25, -0.2) is 0 Å². The monoisotopic (exact) mass is 87.0 g/mol. The zero-order valence-corrected chi connectivity index (χ0v) is 2.70. The maximum atomic E-state index is 8.94. The summed E-state index contributed by atoms with van der Waals surface area (Å²) in [6.07, 6.45) is 0. The first-order chi connectivity index (χ1) is 2.91. The van der Waals surface area contributed by atoms with Crippen LogP contribution in [0.2, 0.25) is 0 Å². The number of rotatable bonds is 2. The molecule has 6 heteroatoms. The van der Waals surface area contributed by atoms with Crippen LogP contribution in [0, 0.1) is 4.91 Å². The minimum Gasteiger partial charge on any atom is -0.167 e. The molecule has 0 bridgehead atoms. The molecule has 0 saturated carbocycles. The van der Waals surface area contributed by atoms with E-state index in [4.69, 9.17) is 10.4 Å². The van der Waals surface area contributed by atoms with Gasteiger partial charge < -0.3 is 0 Å². The second kappa shape index (κ2) is 3.71. The van der Waals surface area contributed by atoms with Crippen molar-refractivity contribution in [3.8, 4) is 0 Å². The van der Waals surface area contributed by atoms with Crippen molar-refractivity contribution in [1.29, 1.82) is 0 Å². The second-order valence-electron chi connectivity index (χ2n) is 0.381. The van der Waals surface area contributed by atoms with Crippen molar-refractivity contribution >= 4 is 0 Å². The quantitative estimate of drug-likeness (QED) is 0.174. The molecule has 0 aromatic carbocycles. The number of nitrogens with one attached hydrogen (secondary N) is 1. The molecule has 0 saturated heterocycles. The molecule has 6 heavy (non-hydrogen) atoms. The molecular formula is HN5O. The summed E-state index contributed by atoms with van der Waals surface area (Å²) in [6, 6.07) is 0. The minimum atomic E-state index is 1.48. The van der Waals surface area contributed by atoms with Gasteiger partial charge in [0.25, 0.3) is 0 Å². The van der Waals surface area contributed by atoms with Crippen LogP contribution >= 0.6 is 0 Å². The fourth-order valence-corrected chi connectivity index (χ4v) is 0.0383. The third-order valence-corrected chi connectivity index (χ3v) is 0.130. The molecular weight excluding hydrogens is 86.0 g/mol. The summed E-state index contributed by atoms with van der Waals surface area (Å²) in [7, 11) is 0. The summed E-state index contributed by atoms with van der Waals surface area (Å²) in [5.74, 6) is 0. The Morgan fingerprint density at radius 3 is 2.67 bits per heavy atom. The molecule has 0 fully saturated rings. The smallest absolute Gasteiger partial charge is 0.152 e. The molecule has 0 atom stereocenters. The third-order valence-electron chi connectivity index (χ3n) is 0.130. The first kappa shape index (κ1) is 4.71. The zero-order valence-electron chi connectivity index (χ0n) is 2.70. The third kappa shape index (κ3) is 2.71. The normalized spacial score (nSPS) is 5.33. The summed E-state index contributed by atoms with van der Waals surface area (Å²) in [5, 5.41) is 4.55. The highest BCUT2D eigenvalue weighted by molar-refractivity contribution is 4.31. The van der Waals surface area contributed by atoms with Crippen molar-refractivity contribution in [2.75, 3.05) is 0 Å². The van der Waals surface area contributed by atoms with Crippen LogP contribution in [0.5, 0.6) is 0 Å². The molecule has 6 nitrogen and oxygen atoms in total. The number of hydrogen-bond acceptors (Lipinski definition) is 3. The lowest BCUT2D eigenvalue weighted by Crippen LogP contribution is -1.84. The summed E-state index contributed by atoms with van der Waals surface area (Å²) < 4.78 is 0. The number of hydrogen-bond donors (Lipinski definition) is 1. The summed E-state index contributed by atoms with van der Waals surface area (Å²) in [5.41, 5.74) is 8.87. The minimum absolute atomic E-state index is 1.48. The van der Waals surface area contributed by atoms with Gasteiger partial charge in [-0.2, -0.15) is 4.91 Å². The summed E-state index contributed by atoms with van der Waals surface area (Å²) in [6.45, 7) is 0. The van der Waals surface area contributed by atoms with Gasteiger partial charge in [0.1, 0.15) is 0 Å². The van der Waals surface area contributed by atoms with Gasteiger partial charge in [0.05, 0.1) is 0 Å². The molecule has 0 aliphatic carbocycles. The highest BCUT2D eigenvalue weighted by Crippen LogP contribution is 1.55. The average molecular weight is 87.0 g/mol. The van der Waals surface area contributed by atoms with Crippen LogP contribution in [-0.2, 0) is 0 Å². The second-order valence-corrected chi connectivity index (χ2v) is 0.381. The van der Waals surface area contributed by atoms with Crippen molar-refractivity contribution in [3.05, 3.63) is 15.3 Å². The van der Waals surface area contributed by atoms with Crippen LogP contribution in [0.25, 0.3) is 10.4 Å². The molecule has 0 amide bonds. The Balaban J connectivity index is 3.07. The Labute approximate surface area is 32.7 Å². The summed E-state index contributed by atoms with van der Waals surface area (Å²) >= 11 is 0. The average Bonchev–Trinajstić information content (AvgIpc) is 1.61. The molecule has 0 aliphatic rings. The zero-order chi connectivity index (χ0) is 4.83. The Morgan fingerprint density at radius 2 is 2.50 bits per heavy atom. The molecule has 32 valence electrons. The Kier molecular flexibility index (Phi) is 2.91. The Morgan fingerprint density at radius 1 is 1.83 bits per heavy atom. The van der Waals surface area contributed by atoms with E-state index in [1.54, 1.807) is 0 Å². The lowest BCUT2D eigenvalue weighted by atomic mass is 12.4. The lowest BCUT2D eigenvalue weighted by Gasteiger charge is -1.63. The highest BCUT2D eigenvalue weighted by Gasteiger charge is 1.59. The largest absolute Gasteiger partial charge is 0.167 e. The first-order valence-electron chi connectivity index (χ1n) is 1.03. The van der Waals surface area contributed by atoms with Gasteiger partial charge in [0.15, 0.2) is 5.29 Å². The molecule has 0 spiro atoms. The van der Waals surface area contributed by atoms with Crippen molar-refractivity contribution < 1.29 is 0 Å². The van der Waals surface area contributed by atoms with E-state index < -0.39 is 0 Å². The van der Waals surface area contributed by atoms with Crippen LogP contribution in [-0.4, -0.2) is 0 Å².